The van der Waals surface area contributed by atoms with E-state index < -0.39 is 0 Å². The molecule has 1 nitrogen and oxygen atoms in total. The van der Waals surface area contributed by atoms with Crippen LogP contribution in [0.1, 0.15) is 39.2 Å². The topological polar surface area (TPSA) is 12.0 Å². The molecule has 0 heterocycles. The molecule has 0 radical (unpaired) electrons. The molecule has 0 saturated heterocycles. The molecule has 1 aliphatic rings. The Morgan fingerprint density at radius 1 is 1.39 bits per heavy atom. The molecule has 2 atom stereocenters. The van der Waals surface area contributed by atoms with Gasteiger partial charge in [-0.2, -0.15) is 0 Å². The van der Waals surface area contributed by atoms with Crippen molar-refractivity contribution < 1.29 is 4.39 Å². The molecule has 2 rings (SSSR count). The van der Waals surface area contributed by atoms with Gasteiger partial charge in [-0.15, -0.1) is 0 Å². The van der Waals surface area contributed by atoms with Gasteiger partial charge in [0.15, 0.2) is 0 Å². The van der Waals surface area contributed by atoms with Gasteiger partial charge in [-0.05, 0) is 48.8 Å². The lowest BCUT2D eigenvalue weighted by molar-refractivity contribution is 0.398. The Bertz CT molecular complexity index is 400. The maximum Gasteiger partial charge on any atom is 0.126 e. The smallest absolute Gasteiger partial charge is 0.126 e. The van der Waals surface area contributed by atoms with Gasteiger partial charge in [0.25, 0.3) is 0 Å². The third-order valence-corrected chi connectivity index (χ3v) is 4.13. The molecule has 0 amide bonds. The van der Waals surface area contributed by atoms with Crippen LogP contribution in [0.3, 0.4) is 0 Å². The van der Waals surface area contributed by atoms with Crippen molar-refractivity contribution in [3.63, 3.8) is 0 Å². The molecule has 0 aromatic heterocycles. The Kier molecular flexibility index (Phi) is 4.06. The fourth-order valence-electron chi connectivity index (χ4n) is 2.78. The molecule has 18 heavy (non-hydrogen) atoms. The number of nitrogens with one attached hydrogen (secondary N) is 1. The van der Waals surface area contributed by atoms with E-state index in [9.17, 15) is 4.39 Å². The summed E-state index contributed by atoms with van der Waals surface area (Å²) in [5.41, 5.74) is 1.27. The predicted molar refractivity (Wildman–Crippen MR) is 74.1 cm³/mol. The van der Waals surface area contributed by atoms with Gasteiger partial charge in [-0.1, -0.05) is 39.0 Å². The fourth-order valence-corrected chi connectivity index (χ4v) is 2.78. The van der Waals surface area contributed by atoms with Crippen molar-refractivity contribution in [2.45, 2.75) is 46.1 Å². The van der Waals surface area contributed by atoms with Gasteiger partial charge in [0.2, 0.25) is 0 Å². The predicted octanol–water partition coefficient (Wildman–Crippen LogP) is 3.78. The van der Waals surface area contributed by atoms with Crippen molar-refractivity contribution in [2.24, 2.45) is 11.3 Å². The molecule has 0 spiro atoms. The maximum absolute atomic E-state index is 13.7. The van der Waals surface area contributed by atoms with E-state index in [1.54, 1.807) is 12.1 Å². The molecular formula is C16H24FN. The second kappa shape index (κ2) is 5.40. The van der Waals surface area contributed by atoms with E-state index in [4.69, 9.17) is 0 Å². The van der Waals surface area contributed by atoms with Crippen molar-refractivity contribution in [1.82, 2.24) is 5.32 Å². The SMILES string of the molecule is CCCNC(Cc1ccccc1F)C1CC1(C)C. The lowest BCUT2D eigenvalue weighted by atomic mass is 9.97. The highest BCUT2D eigenvalue weighted by molar-refractivity contribution is 5.20. The fraction of sp³-hybridized carbons (Fsp3) is 0.625. The Morgan fingerprint density at radius 2 is 2.06 bits per heavy atom. The first-order valence-corrected chi connectivity index (χ1v) is 7.01. The minimum absolute atomic E-state index is 0.0701. The van der Waals surface area contributed by atoms with Crippen LogP contribution in [-0.4, -0.2) is 12.6 Å². The molecule has 1 N–H and O–H groups in total. The summed E-state index contributed by atoms with van der Waals surface area (Å²) in [6, 6.07) is 7.56. The minimum Gasteiger partial charge on any atom is -0.313 e. The molecule has 1 fully saturated rings. The molecule has 2 heteroatoms. The average molecular weight is 249 g/mol. The Morgan fingerprint density at radius 3 is 2.61 bits per heavy atom. The highest BCUT2D eigenvalue weighted by Crippen LogP contribution is 2.54. The second-order valence-corrected chi connectivity index (χ2v) is 6.16. The van der Waals surface area contributed by atoms with E-state index in [-0.39, 0.29) is 5.82 Å². The Labute approximate surface area is 110 Å². The lowest BCUT2D eigenvalue weighted by Gasteiger charge is -2.20. The number of hydrogen-bond acceptors (Lipinski definition) is 1. The summed E-state index contributed by atoms with van der Waals surface area (Å²) in [5.74, 6) is 0.614. The monoisotopic (exact) mass is 249 g/mol. The normalized spacial score (nSPS) is 22.8. The van der Waals surface area contributed by atoms with Crippen molar-refractivity contribution >= 4 is 0 Å². The lowest BCUT2D eigenvalue weighted by Crippen LogP contribution is -2.35. The largest absolute Gasteiger partial charge is 0.313 e. The van der Waals surface area contributed by atoms with Crippen molar-refractivity contribution in [1.29, 1.82) is 0 Å². The summed E-state index contributed by atoms with van der Waals surface area (Å²) in [6.07, 6.45) is 3.19. The molecule has 1 aromatic rings. The van der Waals surface area contributed by atoms with Crippen LogP contribution in [0.4, 0.5) is 4.39 Å². The van der Waals surface area contributed by atoms with E-state index in [2.05, 4.69) is 26.1 Å². The molecule has 2 unspecified atom stereocenters. The van der Waals surface area contributed by atoms with Crippen LogP contribution in [0, 0.1) is 17.2 Å². The van der Waals surface area contributed by atoms with Crippen LogP contribution < -0.4 is 5.32 Å². The maximum atomic E-state index is 13.7. The van der Waals surface area contributed by atoms with E-state index in [0.29, 0.717) is 17.4 Å². The minimum atomic E-state index is -0.0701. The van der Waals surface area contributed by atoms with Crippen LogP contribution in [-0.2, 0) is 6.42 Å². The van der Waals surface area contributed by atoms with Crippen LogP contribution in [0.5, 0.6) is 0 Å². The first-order valence-electron chi connectivity index (χ1n) is 7.01. The van der Waals surface area contributed by atoms with Gasteiger partial charge in [-0.3, -0.25) is 0 Å². The molecule has 1 saturated carbocycles. The highest BCUT2D eigenvalue weighted by atomic mass is 19.1. The zero-order chi connectivity index (χ0) is 13.2. The summed E-state index contributed by atoms with van der Waals surface area (Å²) in [5, 5.41) is 3.60. The number of hydrogen-bond donors (Lipinski definition) is 1. The number of rotatable bonds is 6. The standard InChI is InChI=1S/C16H24FN/c1-4-9-18-15(13-11-16(13,2)3)10-12-7-5-6-8-14(12)17/h5-8,13,15,18H,4,9-11H2,1-3H3. The quantitative estimate of drug-likeness (QED) is 0.809. The summed E-state index contributed by atoms with van der Waals surface area (Å²) in [6.45, 7) is 7.80. The molecule has 0 bridgehead atoms. The first-order chi connectivity index (χ1) is 8.54. The van der Waals surface area contributed by atoms with Crippen molar-refractivity contribution in [3.05, 3.63) is 35.6 Å². The summed E-state index contributed by atoms with van der Waals surface area (Å²) in [4.78, 5) is 0. The summed E-state index contributed by atoms with van der Waals surface area (Å²) >= 11 is 0. The summed E-state index contributed by atoms with van der Waals surface area (Å²) in [7, 11) is 0. The average Bonchev–Trinajstić information content (AvgIpc) is 2.96. The van der Waals surface area contributed by atoms with Crippen LogP contribution >= 0.6 is 0 Å². The zero-order valence-electron chi connectivity index (χ0n) is 11.7. The molecule has 1 aliphatic carbocycles. The van der Waals surface area contributed by atoms with Crippen LogP contribution in [0.15, 0.2) is 24.3 Å². The number of benzene rings is 1. The third-order valence-electron chi connectivity index (χ3n) is 4.13. The van der Waals surface area contributed by atoms with Gasteiger partial charge in [0.05, 0.1) is 0 Å². The highest BCUT2D eigenvalue weighted by Gasteiger charge is 2.49. The van der Waals surface area contributed by atoms with Crippen LogP contribution in [0.2, 0.25) is 0 Å². The molecular weight excluding hydrogens is 225 g/mol. The van der Waals surface area contributed by atoms with E-state index in [0.717, 1.165) is 24.9 Å². The van der Waals surface area contributed by atoms with Gasteiger partial charge in [-0.25, -0.2) is 4.39 Å². The van der Waals surface area contributed by atoms with Gasteiger partial charge in [0, 0.05) is 6.04 Å². The molecule has 0 aliphatic heterocycles. The zero-order valence-corrected chi connectivity index (χ0v) is 11.7. The van der Waals surface area contributed by atoms with Crippen LogP contribution in [0.25, 0.3) is 0 Å². The van der Waals surface area contributed by atoms with E-state index in [1.807, 2.05) is 12.1 Å². The molecule has 100 valence electrons. The first kappa shape index (κ1) is 13.5. The van der Waals surface area contributed by atoms with Crippen molar-refractivity contribution in [3.8, 4) is 0 Å². The van der Waals surface area contributed by atoms with Gasteiger partial charge < -0.3 is 5.32 Å². The Hall–Kier alpha value is -0.890. The third kappa shape index (κ3) is 3.11. The second-order valence-electron chi connectivity index (χ2n) is 6.16. The van der Waals surface area contributed by atoms with Gasteiger partial charge >= 0.3 is 0 Å². The molecule has 1 aromatic carbocycles. The van der Waals surface area contributed by atoms with E-state index in [1.165, 1.54) is 6.42 Å². The number of halogens is 1. The van der Waals surface area contributed by atoms with Gasteiger partial charge in [0.1, 0.15) is 5.82 Å². The van der Waals surface area contributed by atoms with Crippen molar-refractivity contribution in [2.75, 3.05) is 6.54 Å². The summed E-state index contributed by atoms with van der Waals surface area (Å²) < 4.78 is 13.7. The van der Waals surface area contributed by atoms with E-state index >= 15 is 0 Å². The Balaban J connectivity index is 2.04.